The van der Waals surface area contributed by atoms with Crippen molar-refractivity contribution in [1.29, 1.82) is 0 Å². The molecule has 0 radical (unpaired) electrons. The Morgan fingerprint density at radius 3 is 1.54 bits per heavy atom. The SMILES string of the molecule is CCCCCCCCCCNCCN(CCCCCCCCCC)CCNCCN1CCCCC1. The third-order valence-electron chi connectivity index (χ3n) is 7.80. The maximum atomic E-state index is 3.73. The van der Waals surface area contributed by atoms with Crippen molar-refractivity contribution in [1.82, 2.24) is 20.4 Å². The molecule has 0 spiro atoms. The van der Waals surface area contributed by atoms with Crippen LogP contribution in [0.5, 0.6) is 0 Å². The van der Waals surface area contributed by atoms with Gasteiger partial charge in [-0.2, -0.15) is 0 Å². The molecule has 4 heteroatoms. The zero-order valence-electron chi connectivity index (χ0n) is 24.4. The summed E-state index contributed by atoms with van der Waals surface area (Å²) in [6.45, 7) is 16.8. The van der Waals surface area contributed by atoms with Gasteiger partial charge in [0.2, 0.25) is 0 Å². The average molecular weight is 495 g/mol. The van der Waals surface area contributed by atoms with Crippen molar-refractivity contribution in [3.8, 4) is 0 Å². The van der Waals surface area contributed by atoms with Crippen molar-refractivity contribution in [2.75, 3.05) is 65.4 Å². The number of nitrogens with zero attached hydrogens (tertiary/aromatic N) is 2. The molecule has 0 aromatic rings. The van der Waals surface area contributed by atoms with Crippen LogP contribution in [-0.4, -0.2) is 75.2 Å². The third kappa shape index (κ3) is 22.7. The summed E-state index contributed by atoms with van der Waals surface area (Å²) < 4.78 is 0. The number of rotatable bonds is 27. The summed E-state index contributed by atoms with van der Waals surface area (Å²) in [7, 11) is 0. The molecule has 0 aliphatic carbocycles. The summed E-state index contributed by atoms with van der Waals surface area (Å²) >= 11 is 0. The molecule has 210 valence electrons. The second-order valence-corrected chi connectivity index (χ2v) is 11.2. The molecule has 35 heavy (non-hydrogen) atoms. The zero-order valence-corrected chi connectivity index (χ0v) is 24.4. The van der Waals surface area contributed by atoms with E-state index in [2.05, 4.69) is 34.3 Å². The Bertz CT molecular complexity index is 397. The predicted molar refractivity (Wildman–Crippen MR) is 158 cm³/mol. The Hall–Kier alpha value is -0.160. The fourth-order valence-corrected chi connectivity index (χ4v) is 5.33. The average Bonchev–Trinajstić information content (AvgIpc) is 2.88. The molecule has 0 aromatic heterocycles. The zero-order chi connectivity index (χ0) is 25.1. The summed E-state index contributed by atoms with van der Waals surface area (Å²) in [5.74, 6) is 0. The van der Waals surface area contributed by atoms with Gasteiger partial charge in [-0.15, -0.1) is 0 Å². The number of hydrogen-bond donors (Lipinski definition) is 2. The van der Waals surface area contributed by atoms with Gasteiger partial charge in [-0.3, -0.25) is 0 Å². The second kappa shape index (κ2) is 26.9. The molecule has 0 amide bonds. The van der Waals surface area contributed by atoms with Crippen molar-refractivity contribution >= 4 is 0 Å². The highest BCUT2D eigenvalue weighted by Crippen LogP contribution is 2.10. The Balaban J connectivity index is 2.08. The van der Waals surface area contributed by atoms with Crippen LogP contribution in [0.2, 0.25) is 0 Å². The van der Waals surface area contributed by atoms with E-state index < -0.39 is 0 Å². The van der Waals surface area contributed by atoms with Crippen LogP contribution in [0.25, 0.3) is 0 Å². The molecule has 1 rings (SSSR count). The van der Waals surface area contributed by atoms with Crippen LogP contribution in [0.1, 0.15) is 136 Å². The molecule has 1 aliphatic heterocycles. The first kappa shape index (κ1) is 32.9. The van der Waals surface area contributed by atoms with Gasteiger partial charge in [0.25, 0.3) is 0 Å². The van der Waals surface area contributed by atoms with Crippen molar-refractivity contribution in [3.05, 3.63) is 0 Å². The fraction of sp³-hybridized carbons (Fsp3) is 1.00. The number of unbranched alkanes of at least 4 members (excludes halogenated alkanes) is 14. The van der Waals surface area contributed by atoms with E-state index in [0.29, 0.717) is 0 Å². The Morgan fingerprint density at radius 1 is 0.486 bits per heavy atom. The first-order chi connectivity index (χ1) is 17.4. The largest absolute Gasteiger partial charge is 0.315 e. The highest BCUT2D eigenvalue weighted by Gasteiger charge is 2.09. The summed E-state index contributed by atoms with van der Waals surface area (Å²) in [5.41, 5.74) is 0. The Kier molecular flexibility index (Phi) is 25.3. The van der Waals surface area contributed by atoms with Crippen molar-refractivity contribution in [2.45, 2.75) is 136 Å². The van der Waals surface area contributed by atoms with Gasteiger partial charge in [0, 0.05) is 39.3 Å². The smallest absolute Gasteiger partial charge is 0.0107 e. The van der Waals surface area contributed by atoms with Gasteiger partial charge < -0.3 is 20.4 Å². The second-order valence-electron chi connectivity index (χ2n) is 11.2. The summed E-state index contributed by atoms with van der Waals surface area (Å²) in [6.07, 6.45) is 26.9. The minimum absolute atomic E-state index is 1.14. The van der Waals surface area contributed by atoms with E-state index in [-0.39, 0.29) is 0 Å². The van der Waals surface area contributed by atoms with Crippen LogP contribution in [0.4, 0.5) is 0 Å². The van der Waals surface area contributed by atoms with Gasteiger partial charge in [-0.25, -0.2) is 0 Å². The Morgan fingerprint density at radius 2 is 0.971 bits per heavy atom. The van der Waals surface area contributed by atoms with Crippen LogP contribution in [0, 0.1) is 0 Å². The maximum absolute atomic E-state index is 3.73. The monoisotopic (exact) mass is 495 g/mol. The van der Waals surface area contributed by atoms with E-state index in [0.717, 1.165) is 19.6 Å². The molecule has 1 saturated heterocycles. The quantitative estimate of drug-likeness (QED) is 0.118. The van der Waals surface area contributed by atoms with Gasteiger partial charge in [0.05, 0.1) is 0 Å². The van der Waals surface area contributed by atoms with E-state index in [9.17, 15) is 0 Å². The summed E-state index contributed by atoms with van der Waals surface area (Å²) in [6, 6.07) is 0. The van der Waals surface area contributed by atoms with Crippen LogP contribution in [0.15, 0.2) is 0 Å². The molecule has 1 heterocycles. The van der Waals surface area contributed by atoms with Crippen LogP contribution in [0.3, 0.4) is 0 Å². The van der Waals surface area contributed by atoms with Crippen LogP contribution in [-0.2, 0) is 0 Å². The highest BCUT2D eigenvalue weighted by atomic mass is 15.2. The fourth-order valence-electron chi connectivity index (χ4n) is 5.33. The topological polar surface area (TPSA) is 30.5 Å². The van der Waals surface area contributed by atoms with Crippen LogP contribution >= 0.6 is 0 Å². The molecule has 0 atom stereocenters. The van der Waals surface area contributed by atoms with Crippen molar-refractivity contribution < 1.29 is 0 Å². The van der Waals surface area contributed by atoms with Gasteiger partial charge in [-0.05, 0) is 51.9 Å². The first-order valence-electron chi connectivity index (χ1n) is 16.2. The lowest BCUT2D eigenvalue weighted by Crippen LogP contribution is -2.40. The maximum Gasteiger partial charge on any atom is 0.0107 e. The first-order valence-corrected chi connectivity index (χ1v) is 16.2. The molecule has 4 nitrogen and oxygen atoms in total. The lowest BCUT2D eigenvalue weighted by atomic mass is 10.1. The molecule has 1 fully saturated rings. The number of nitrogens with one attached hydrogen (secondary N) is 2. The van der Waals surface area contributed by atoms with E-state index in [1.54, 1.807) is 0 Å². The van der Waals surface area contributed by atoms with Crippen molar-refractivity contribution in [2.24, 2.45) is 0 Å². The molecular formula is C31H66N4. The third-order valence-corrected chi connectivity index (χ3v) is 7.80. The summed E-state index contributed by atoms with van der Waals surface area (Å²) in [5, 5.41) is 7.47. The van der Waals surface area contributed by atoms with Gasteiger partial charge >= 0.3 is 0 Å². The highest BCUT2D eigenvalue weighted by molar-refractivity contribution is 4.67. The molecule has 2 N–H and O–H groups in total. The number of likely N-dealkylation sites (tertiary alicyclic amines) is 1. The van der Waals surface area contributed by atoms with Gasteiger partial charge in [0.1, 0.15) is 0 Å². The predicted octanol–water partition coefficient (Wildman–Crippen LogP) is 7.23. The van der Waals surface area contributed by atoms with Gasteiger partial charge in [-0.1, -0.05) is 110 Å². The van der Waals surface area contributed by atoms with Crippen LogP contribution < -0.4 is 10.6 Å². The van der Waals surface area contributed by atoms with Crippen molar-refractivity contribution in [3.63, 3.8) is 0 Å². The van der Waals surface area contributed by atoms with Gasteiger partial charge in [0.15, 0.2) is 0 Å². The van der Waals surface area contributed by atoms with E-state index >= 15 is 0 Å². The van der Waals surface area contributed by atoms with E-state index in [1.807, 2.05) is 0 Å². The number of piperidine rings is 1. The van der Waals surface area contributed by atoms with E-state index in [1.165, 1.54) is 168 Å². The summed E-state index contributed by atoms with van der Waals surface area (Å²) in [4.78, 5) is 5.36. The lowest BCUT2D eigenvalue weighted by molar-refractivity contribution is 0.224. The number of hydrogen-bond acceptors (Lipinski definition) is 4. The molecule has 0 aromatic carbocycles. The molecule has 0 bridgehead atoms. The lowest BCUT2D eigenvalue weighted by Gasteiger charge is -2.27. The standard InChI is InChI=1S/C31H66N4/c1-3-5-7-9-11-13-15-18-22-32-23-30-35(28-19-16-14-12-10-8-6-4-2)31-25-33-24-29-34-26-20-17-21-27-34/h32-33H,3-31H2,1-2H3. The molecule has 0 saturated carbocycles. The molecule has 1 aliphatic rings. The minimum atomic E-state index is 1.14. The van der Waals surface area contributed by atoms with E-state index in [4.69, 9.17) is 0 Å². The minimum Gasteiger partial charge on any atom is -0.315 e. The normalized spacial score (nSPS) is 14.8. The molecular weight excluding hydrogens is 428 g/mol. The Labute approximate surface area is 221 Å². The molecule has 0 unspecified atom stereocenters.